The highest BCUT2D eigenvalue weighted by molar-refractivity contribution is 5.86. The molecule has 2 heterocycles. The van der Waals surface area contributed by atoms with Crippen molar-refractivity contribution in [3.63, 3.8) is 0 Å². The molecule has 7 heteroatoms. The molecule has 26 heavy (non-hydrogen) atoms. The van der Waals surface area contributed by atoms with Gasteiger partial charge < -0.3 is 19.5 Å². The smallest absolute Gasteiger partial charge is 0.339 e. The standard InChI is InChI=1S/C19H21NO6/c1-10-12-5-7-15(21)11(2)17(12)26-19(25)13(10)6-8-16(22)20-9-3-4-14(20)18(23)24/h5,7,14,21H,3-4,6,8-9H2,1-2H3,(H,23,24). The van der Waals surface area contributed by atoms with Gasteiger partial charge in [0.1, 0.15) is 17.4 Å². The Labute approximate surface area is 149 Å². The number of carbonyl (C=O) groups excluding carboxylic acids is 1. The fourth-order valence-corrected chi connectivity index (χ4v) is 3.57. The van der Waals surface area contributed by atoms with E-state index in [4.69, 9.17) is 4.42 Å². The summed E-state index contributed by atoms with van der Waals surface area (Å²) >= 11 is 0. The van der Waals surface area contributed by atoms with E-state index >= 15 is 0 Å². The molecule has 0 spiro atoms. The quantitative estimate of drug-likeness (QED) is 0.810. The second kappa shape index (κ2) is 6.82. The first-order chi connectivity index (χ1) is 12.3. The molecule has 0 saturated carbocycles. The van der Waals surface area contributed by atoms with E-state index in [-0.39, 0.29) is 24.5 Å². The van der Waals surface area contributed by atoms with Crippen molar-refractivity contribution in [1.29, 1.82) is 0 Å². The molecular formula is C19H21NO6. The number of nitrogens with zero attached hydrogens (tertiary/aromatic N) is 1. The highest BCUT2D eigenvalue weighted by Crippen LogP contribution is 2.29. The number of aromatic hydroxyl groups is 1. The lowest BCUT2D eigenvalue weighted by Gasteiger charge is -2.21. The Morgan fingerprint density at radius 3 is 2.69 bits per heavy atom. The van der Waals surface area contributed by atoms with Gasteiger partial charge in [0, 0.05) is 29.5 Å². The summed E-state index contributed by atoms with van der Waals surface area (Å²) in [5, 5.41) is 19.7. The monoisotopic (exact) mass is 359 g/mol. The Morgan fingerprint density at radius 1 is 1.27 bits per heavy atom. The van der Waals surface area contributed by atoms with Gasteiger partial charge in [-0.2, -0.15) is 0 Å². The predicted molar refractivity (Wildman–Crippen MR) is 94.3 cm³/mol. The van der Waals surface area contributed by atoms with Crippen molar-refractivity contribution in [3.8, 4) is 5.75 Å². The lowest BCUT2D eigenvalue weighted by atomic mass is 10.00. The molecule has 3 rings (SSSR count). The normalized spacial score (nSPS) is 17.0. The van der Waals surface area contributed by atoms with Crippen molar-refractivity contribution in [2.24, 2.45) is 0 Å². The number of hydrogen-bond acceptors (Lipinski definition) is 5. The van der Waals surface area contributed by atoms with E-state index in [0.29, 0.717) is 47.0 Å². The average Bonchev–Trinajstić information content (AvgIpc) is 3.08. The summed E-state index contributed by atoms with van der Waals surface area (Å²) in [6.45, 7) is 3.88. The van der Waals surface area contributed by atoms with Crippen LogP contribution in [0.1, 0.15) is 36.0 Å². The molecular weight excluding hydrogens is 338 g/mol. The average molecular weight is 359 g/mol. The van der Waals surface area contributed by atoms with Crippen LogP contribution in [0.3, 0.4) is 0 Å². The molecule has 0 aliphatic carbocycles. The number of carbonyl (C=O) groups is 2. The van der Waals surface area contributed by atoms with Gasteiger partial charge in [-0.15, -0.1) is 0 Å². The van der Waals surface area contributed by atoms with Crippen LogP contribution in [0.15, 0.2) is 21.3 Å². The molecule has 7 nitrogen and oxygen atoms in total. The Balaban J connectivity index is 1.85. The van der Waals surface area contributed by atoms with E-state index in [0.717, 1.165) is 0 Å². The number of hydrogen-bond donors (Lipinski definition) is 2. The number of fused-ring (bicyclic) bond motifs is 1. The topological polar surface area (TPSA) is 108 Å². The van der Waals surface area contributed by atoms with Gasteiger partial charge in [0.05, 0.1) is 0 Å². The van der Waals surface area contributed by atoms with Crippen LogP contribution in [-0.4, -0.2) is 39.6 Å². The number of benzene rings is 1. The van der Waals surface area contributed by atoms with Gasteiger partial charge in [-0.25, -0.2) is 9.59 Å². The first kappa shape index (κ1) is 18.0. The van der Waals surface area contributed by atoms with Crippen molar-refractivity contribution < 1.29 is 24.2 Å². The second-order valence-electron chi connectivity index (χ2n) is 6.66. The Hall–Kier alpha value is -2.83. The van der Waals surface area contributed by atoms with Crippen LogP contribution >= 0.6 is 0 Å². The maximum Gasteiger partial charge on any atom is 0.339 e. The number of aliphatic carboxylic acids is 1. The zero-order valence-electron chi connectivity index (χ0n) is 14.7. The van der Waals surface area contributed by atoms with Crippen molar-refractivity contribution >= 4 is 22.8 Å². The van der Waals surface area contributed by atoms with Crippen LogP contribution < -0.4 is 5.63 Å². The van der Waals surface area contributed by atoms with Gasteiger partial charge >= 0.3 is 11.6 Å². The lowest BCUT2D eigenvalue weighted by molar-refractivity contribution is -0.148. The fraction of sp³-hybridized carbons (Fsp3) is 0.421. The molecule has 1 aliphatic rings. The number of likely N-dealkylation sites (tertiary alicyclic amines) is 1. The van der Waals surface area contributed by atoms with E-state index in [2.05, 4.69) is 0 Å². The molecule has 0 radical (unpaired) electrons. The van der Waals surface area contributed by atoms with Gasteiger partial charge in [0.2, 0.25) is 5.91 Å². The third kappa shape index (κ3) is 3.05. The summed E-state index contributed by atoms with van der Waals surface area (Å²) in [4.78, 5) is 37.4. The molecule has 1 fully saturated rings. The number of phenolic OH excluding ortho intramolecular Hbond substituents is 1. The Bertz CT molecular complexity index is 945. The Morgan fingerprint density at radius 2 is 2.00 bits per heavy atom. The van der Waals surface area contributed by atoms with Crippen molar-refractivity contribution in [2.75, 3.05) is 6.54 Å². The van der Waals surface area contributed by atoms with Gasteiger partial charge in [-0.05, 0) is 50.8 Å². The zero-order valence-corrected chi connectivity index (χ0v) is 14.7. The Kier molecular flexibility index (Phi) is 4.71. The first-order valence-electron chi connectivity index (χ1n) is 8.58. The summed E-state index contributed by atoms with van der Waals surface area (Å²) in [6.07, 6.45) is 1.37. The second-order valence-corrected chi connectivity index (χ2v) is 6.66. The highest BCUT2D eigenvalue weighted by Gasteiger charge is 2.33. The minimum absolute atomic E-state index is 0.0525. The molecule has 0 bridgehead atoms. The van der Waals surface area contributed by atoms with Gasteiger partial charge in [-0.3, -0.25) is 4.79 Å². The SMILES string of the molecule is Cc1c(CCC(=O)N2CCCC2C(=O)O)c(=O)oc2c(C)c(O)ccc12. The van der Waals surface area contributed by atoms with Crippen LogP contribution in [0.5, 0.6) is 5.75 Å². The lowest BCUT2D eigenvalue weighted by Crippen LogP contribution is -2.40. The van der Waals surface area contributed by atoms with Crippen LogP contribution in [0.2, 0.25) is 0 Å². The summed E-state index contributed by atoms with van der Waals surface area (Å²) < 4.78 is 5.37. The number of carboxylic acid groups (broad SMARTS) is 1. The van der Waals surface area contributed by atoms with Crippen molar-refractivity contribution in [3.05, 3.63) is 39.2 Å². The van der Waals surface area contributed by atoms with Crippen LogP contribution in [-0.2, 0) is 16.0 Å². The van der Waals surface area contributed by atoms with E-state index in [1.807, 2.05) is 0 Å². The van der Waals surface area contributed by atoms with Crippen LogP contribution in [0.25, 0.3) is 11.0 Å². The highest BCUT2D eigenvalue weighted by atomic mass is 16.4. The molecule has 2 N–H and O–H groups in total. The third-order valence-corrected chi connectivity index (χ3v) is 5.12. The first-order valence-corrected chi connectivity index (χ1v) is 8.58. The summed E-state index contributed by atoms with van der Waals surface area (Å²) in [6, 6.07) is 2.45. The largest absolute Gasteiger partial charge is 0.508 e. The van der Waals surface area contributed by atoms with Crippen LogP contribution in [0.4, 0.5) is 0 Å². The van der Waals surface area contributed by atoms with Crippen molar-refractivity contribution in [1.82, 2.24) is 4.90 Å². The molecule has 1 saturated heterocycles. The molecule has 138 valence electrons. The number of amides is 1. The van der Waals surface area contributed by atoms with Crippen molar-refractivity contribution in [2.45, 2.75) is 45.6 Å². The fourth-order valence-electron chi connectivity index (χ4n) is 3.57. The number of phenols is 1. The molecule has 1 unspecified atom stereocenters. The summed E-state index contributed by atoms with van der Waals surface area (Å²) in [5.74, 6) is -1.21. The van der Waals surface area contributed by atoms with Gasteiger partial charge in [0.15, 0.2) is 0 Å². The minimum atomic E-state index is -0.993. The van der Waals surface area contributed by atoms with Gasteiger partial charge in [-0.1, -0.05) is 0 Å². The number of aryl methyl sites for hydroxylation is 2. The minimum Gasteiger partial charge on any atom is -0.508 e. The predicted octanol–water partition coefficient (Wildman–Crippen LogP) is 2.12. The molecule has 1 atom stereocenters. The summed E-state index contributed by atoms with van der Waals surface area (Å²) in [7, 11) is 0. The molecule has 1 amide bonds. The number of carboxylic acids is 1. The zero-order chi connectivity index (χ0) is 19.0. The molecule has 1 aromatic carbocycles. The van der Waals surface area contributed by atoms with E-state index in [9.17, 15) is 24.6 Å². The van der Waals surface area contributed by atoms with Gasteiger partial charge in [0.25, 0.3) is 0 Å². The van der Waals surface area contributed by atoms with E-state index in [1.165, 1.54) is 4.90 Å². The van der Waals surface area contributed by atoms with Crippen LogP contribution in [0, 0.1) is 13.8 Å². The summed E-state index contributed by atoms with van der Waals surface area (Å²) in [5.41, 5.74) is 1.41. The molecule has 1 aromatic heterocycles. The maximum atomic E-state index is 12.4. The molecule has 2 aromatic rings. The number of rotatable bonds is 4. The van der Waals surface area contributed by atoms with E-state index < -0.39 is 17.6 Å². The molecule has 1 aliphatic heterocycles. The van der Waals surface area contributed by atoms with E-state index in [1.54, 1.807) is 26.0 Å². The third-order valence-electron chi connectivity index (χ3n) is 5.12. The maximum absolute atomic E-state index is 12.4.